The minimum absolute atomic E-state index is 0.0125. The highest BCUT2D eigenvalue weighted by Gasteiger charge is 2.42. The van der Waals surface area contributed by atoms with Crippen LogP contribution in [0.1, 0.15) is 31.1 Å². The van der Waals surface area contributed by atoms with Gasteiger partial charge in [-0.1, -0.05) is 60.7 Å². The van der Waals surface area contributed by atoms with E-state index in [1.165, 1.54) is 13.8 Å². The fourth-order valence-electron chi connectivity index (χ4n) is 3.18. The fourth-order valence-corrected chi connectivity index (χ4v) is 3.18. The lowest BCUT2D eigenvalue weighted by molar-refractivity contribution is -0.149. The predicted molar refractivity (Wildman–Crippen MR) is 101 cm³/mol. The van der Waals surface area contributed by atoms with E-state index in [-0.39, 0.29) is 17.9 Å². The van der Waals surface area contributed by atoms with Crippen LogP contribution in [0, 0.1) is 5.92 Å². The quantitative estimate of drug-likeness (QED) is 0.342. The van der Waals surface area contributed by atoms with Crippen LogP contribution in [0.5, 0.6) is 0 Å². The van der Waals surface area contributed by atoms with Crippen molar-refractivity contribution in [2.24, 2.45) is 5.92 Å². The lowest BCUT2D eigenvalue weighted by Gasteiger charge is -2.24. The number of hydrogen-bond acceptors (Lipinski definition) is 6. The first-order chi connectivity index (χ1) is 13.5. The van der Waals surface area contributed by atoms with Crippen LogP contribution < -0.4 is 0 Å². The third-order valence-corrected chi connectivity index (χ3v) is 4.30. The average Bonchev–Trinajstić information content (AvgIpc) is 3.06. The molecule has 0 amide bonds. The second-order valence-electron chi connectivity index (χ2n) is 6.35. The third kappa shape index (κ3) is 4.28. The van der Waals surface area contributed by atoms with E-state index in [0.717, 1.165) is 0 Å². The molecular formula is C22H20O6. The molecule has 28 heavy (non-hydrogen) atoms. The predicted octanol–water partition coefficient (Wildman–Crippen LogP) is 3.44. The standard InChI is InChI=1S/C22H20O6/c1-14(23)27-20(16-9-5-3-6-10-16)18-13-26-22(25)19(18)21(28-15(2)24)17-11-7-4-8-12-17/h3-12,18,20H,13H2,1-2H3/b21-19+/t18-,20-/m0/s1. The van der Waals surface area contributed by atoms with Crippen molar-refractivity contribution < 1.29 is 28.6 Å². The molecule has 0 spiro atoms. The normalized spacial score (nSPS) is 18.8. The summed E-state index contributed by atoms with van der Waals surface area (Å²) in [5, 5.41) is 0. The number of carbonyl (C=O) groups excluding carboxylic acids is 3. The average molecular weight is 380 g/mol. The first-order valence-electron chi connectivity index (χ1n) is 8.84. The van der Waals surface area contributed by atoms with Gasteiger partial charge in [0.1, 0.15) is 18.5 Å². The fraction of sp³-hybridized carbons (Fsp3) is 0.227. The van der Waals surface area contributed by atoms with E-state index in [9.17, 15) is 14.4 Å². The number of cyclic esters (lactones) is 1. The Labute approximate surface area is 162 Å². The minimum Gasteiger partial charge on any atom is -0.461 e. The second-order valence-corrected chi connectivity index (χ2v) is 6.35. The first-order valence-corrected chi connectivity index (χ1v) is 8.84. The summed E-state index contributed by atoms with van der Waals surface area (Å²) in [5.74, 6) is -2.14. The molecule has 2 aromatic rings. The van der Waals surface area contributed by atoms with E-state index < -0.39 is 29.9 Å². The molecule has 1 fully saturated rings. The van der Waals surface area contributed by atoms with Crippen LogP contribution in [0.3, 0.4) is 0 Å². The van der Waals surface area contributed by atoms with Gasteiger partial charge in [0.25, 0.3) is 0 Å². The number of hydrogen-bond donors (Lipinski definition) is 0. The van der Waals surface area contributed by atoms with Crippen LogP contribution in [0.2, 0.25) is 0 Å². The minimum atomic E-state index is -0.755. The molecule has 0 radical (unpaired) electrons. The lowest BCUT2D eigenvalue weighted by atomic mass is 9.89. The number of esters is 3. The zero-order valence-corrected chi connectivity index (χ0v) is 15.6. The van der Waals surface area contributed by atoms with E-state index in [4.69, 9.17) is 14.2 Å². The number of ether oxygens (including phenoxy) is 3. The summed E-state index contributed by atoms with van der Waals surface area (Å²) in [5.41, 5.74) is 1.46. The molecule has 1 saturated heterocycles. The molecule has 144 valence electrons. The summed E-state index contributed by atoms with van der Waals surface area (Å²) in [6.45, 7) is 2.58. The largest absolute Gasteiger partial charge is 0.461 e. The van der Waals surface area contributed by atoms with E-state index in [0.29, 0.717) is 11.1 Å². The molecule has 6 heteroatoms. The van der Waals surface area contributed by atoms with Gasteiger partial charge in [-0.3, -0.25) is 9.59 Å². The van der Waals surface area contributed by atoms with Gasteiger partial charge in [0.2, 0.25) is 0 Å². The van der Waals surface area contributed by atoms with Crippen molar-refractivity contribution >= 4 is 23.7 Å². The Kier molecular flexibility index (Phi) is 5.89. The molecule has 1 aliphatic heterocycles. The molecule has 6 nitrogen and oxygen atoms in total. The molecule has 0 unspecified atom stereocenters. The van der Waals surface area contributed by atoms with Gasteiger partial charge < -0.3 is 14.2 Å². The highest BCUT2D eigenvalue weighted by Crippen LogP contribution is 2.40. The van der Waals surface area contributed by atoms with Crippen molar-refractivity contribution in [2.75, 3.05) is 6.61 Å². The summed E-state index contributed by atoms with van der Waals surface area (Å²) in [6, 6.07) is 17.9. The molecule has 0 bridgehead atoms. The Morgan fingerprint density at radius 2 is 1.57 bits per heavy atom. The molecule has 1 aliphatic rings. The van der Waals surface area contributed by atoms with Crippen molar-refractivity contribution in [3.63, 3.8) is 0 Å². The molecule has 0 N–H and O–H groups in total. The number of carbonyl (C=O) groups is 3. The van der Waals surface area contributed by atoms with Crippen LogP contribution in [0.25, 0.3) is 5.76 Å². The molecular weight excluding hydrogens is 360 g/mol. The Morgan fingerprint density at radius 3 is 2.14 bits per heavy atom. The molecule has 0 saturated carbocycles. The van der Waals surface area contributed by atoms with Crippen molar-refractivity contribution in [3.05, 3.63) is 77.4 Å². The summed E-state index contributed by atoms with van der Waals surface area (Å²) in [4.78, 5) is 36.1. The van der Waals surface area contributed by atoms with Crippen molar-refractivity contribution in [2.45, 2.75) is 20.0 Å². The monoisotopic (exact) mass is 380 g/mol. The van der Waals surface area contributed by atoms with Crippen LogP contribution in [-0.4, -0.2) is 24.5 Å². The summed E-state index contributed by atoms with van der Waals surface area (Å²) < 4.78 is 16.2. The van der Waals surface area contributed by atoms with Gasteiger partial charge in [-0.25, -0.2) is 4.79 Å². The highest BCUT2D eigenvalue weighted by molar-refractivity contribution is 6.00. The van der Waals surface area contributed by atoms with E-state index in [2.05, 4.69) is 0 Å². The van der Waals surface area contributed by atoms with Crippen LogP contribution in [0.15, 0.2) is 66.2 Å². The topological polar surface area (TPSA) is 78.9 Å². The molecule has 0 aromatic heterocycles. The Hall–Kier alpha value is -3.41. The number of rotatable bonds is 5. The number of benzene rings is 2. The van der Waals surface area contributed by atoms with Gasteiger partial charge >= 0.3 is 17.9 Å². The smallest absolute Gasteiger partial charge is 0.338 e. The third-order valence-electron chi connectivity index (χ3n) is 4.30. The second kappa shape index (κ2) is 8.52. The van der Waals surface area contributed by atoms with Crippen LogP contribution in [0.4, 0.5) is 0 Å². The highest BCUT2D eigenvalue weighted by atomic mass is 16.6. The van der Waals surface area contributed by atoms with Gasteiger partial charge in [-0.05, 0) is 5.56 Å². The first kappa shape index (κ1) is 19.4. The maximum atomic E-state index is 12.6. The van der Waals surface area contributed by atoms with Crippen molar-refractivity contribution in [1.29, 1.82) is 0 Å². The SMILES string of the molecule is CC(=O)O/C(=C1/C(=O)OC[C@@H]1[C@@H](OC(C)=O)c1ccccc1)c1ccccc1. The molecule has 3 rings (SSSR count). The Balaban J connectivity index is 2.14. The summed E-state index contributed by atoms with van der Waals surface area (Å²) in [6.07, 6.45) is -0.755. The summed E-state index contributed by atoms with van der Waals surface area (Å²) >= 11 is 0. The van der Waals surface area contributed by atoms with Gasteiger partial charge in [-0.2, -0.15) is 0 Å². The maximum absolute atomic E-state index is 12.6. The Bertz CT molecular complexity index is 901. The Morgan fingerprint density at radius 1 is 0.964 bits per heavy atom. The van der Waals surface area contributed by atoms with Crippen LogP contribution in [-0.2, 0) is 28.6 Å². The van der Waals surface area contributed by atoms with E-state index >= 15 is 0 Å². The van der Waals surface area contributed by atoms with Gasteiger partial charge in [0, 0.05) is 19.4 Å². The van der Waals surface area contributed by atoms with E-state index in [1.54, 1.807) is 24.3 Å². The maximum Gasteiger partial charge on any atom is 0.338 e. The van der Waals surface area contributed by atoms with Gasteiger partial charge in [0.15, 0.2) is 0 Å². The van der Waals surface area contributed by atoms with Crippen molar-refractivity contribution in [3.8, 4) is 0 Å². The lowest BCUT2D eigenvalue weighted by Crippen LogP contribution is -2.22. The van der Waals surface area contributed by atoms with Crippen LogP contribution >= 0.6 is 0 Å². The van der Waals surface area contributed by atoms with Gasteiger partial charge in [-0.15, -0.1) is 0 Å². The zero-order chi connectivity index (χ0) is 20.1. The zero-order valence-electron chi connectivity index (χ0n) is 15.6. The summed E-state index contributed by atoms with van der Waals surface area (Å²) in [7, 11) is 0. The molecule has 2 atom stereocenters. The molecule has 2 aromatic carbocycles. The molecule has 0 aliphatic carbocycles. The van der Waals surface area contributed by atoms with E-state index in [1.807, 2.05) is 36.4 Å². The van der Waals surface area contributed by atoms with Gasteiger partial charge in [0.05, 0.1) is 11.5 Å². The molecule has 1 heterocycles. The van der Waals surface area contributed by atoms with Crippen molar-refractivity contribution in [1.82, 2.24) is 0 Å².